The molecule has 3 aromatic rings. The van der Waals surface area contributed by atoms with Crippen LogP contribution in [-0.2, 0) is 0 Å². The van der Waals surface area contributed by atoms with Crippen molar-refractivity contribution in [3.05, 3.63) is 80.1 Å². The van der Waals surface area contributed by atoms with Crippen LogP contribution in [0.15, 0.2) is 65.1 Å². The topological polar surface area (TPSA) is 84.3 Å². The number of amides is 1. The molecule has 1 amide bonds. The minimum Gasteiger partial charge on any atom is -0.292 e. The highest BCUT2D eigenvalue weighted by Gasteiger charge is 2.14. The van der Waals surface area contributed by atoms with Gasteiger partial charge in [-0.1, -0.05) is 40.2 Å². The van der Waals surface area contributed by atoms with Crippen LogP contribution in [-0.4, -0.2) is 10.8 Å². The Labute approximate surface area is 155 Å². The van der Waals surface area contributed by atoms with Crippen molar-refractivity contribution in [2.75, 3.05) is 5.43 Å². The molecule has 0 aliphatic heterocycles. The van der Waals surface area contributed by atoms with Gasteiger partial charge < -0.3 is 0 Å². The molecule has 2 N–H and O–H groups in total. The molecule has 0 unspecified atom stereocenters. The van der Waals surface area contributed by atoms with Gasteiger partial charge >= 0.3 is 0 Å². The van der Waals surface area contributed by atoms with Crippen molar-refractivity contribution in [3.63, 3.8) is 0 Å². The van der Waals surface area contributed by atoms with E-state index in [2.05, 4.69) is 26.8 Å². The summed E-state index contributed by atoms with van der Waals surface area (Å²) in [5, 5.41) is 11.0. The molecule has 0 radical (unpaired) electrons. The lowest BCUT2D eigenvalue weighted by molar-refractivity contribution is -0.384. The van der Waals surface area contributed by atoms with Crippen LogP contribution in [0.5, 0.6) is 0 Å². The van der Waals surface area contributed by atoms with Crippen LogP contribution < -0.4 is 10.9 Å². The van der Waals surface area contributed by atoms with E-state index in [4.69, 9.17) is 0 Å². The number of hydrogen-bond donors (Lipinski definition) is 2. The normalized spacial score (nSPS) is 10.3. The van der Waals surface area contributed by atoms with Gasteiger partial charge in [-0.15, -0.1) is 11.3 Å². The summed E-state index contributed by atoms with van der Waals surface area (Å²) < 4.78 is 0.986. The number of halogens is 1. The highest BCUT2D eigenvalue weighted by Crippen LogP contribution is 2.29. The van der Waals surface area contributed by atoms with Gasteiger partial charge in [-0.2, -0.15) is 0 Å². The highest BCUT2D eigenvalue weighted by atomic mass is 79.9. The maximum absolute atomic E-state index is 12.3. The molecule has 0 saturated heterocycles. The largest absolute Gasteiger partial charge is 0.294 e. The summed E-state index contributed by atoms with van der Waals surface area (Å²) in [5.41, 5.74) is 6.24. The van der Waals surface area contributed by atoms with Crippen molar-refractivity contribution in [2.45, 2.75) is 0 Å². The van der Waals surface area contributed by atoms with Crippen molar-refractivity contribution in [2.24, 2.45) is 0 Å². The van der Waals surface area contributed by atoms with Crippen LogP contribution in [0.2, 0.25) is 0 Å². The van der Waals surface area contributed by atoms with E-state index < -0.39 is 4.92 Å². The minimum atomic E-state index is -0.509. The molecule has 2 aromatic carbocycles. The number of nitrogens with one attached hydrogen (secondary N) is 2. The van der Waals surface area contributed by atoms with Crippen molar-refractivity contribution in [3.8, 4) is 10.4 Å². The predicted octanol–water partition coefficient (Wildman–Crippen LogP) is 4.84. The first-order chi connectivity index (χ1) is 12.0. The van der Waals surface area contributed by atoms with E-state index in [1.54, 1.807) is 18.2 Å². The SMILES string of the molecule is O=C(NNc1ccccc1[N+](=O)[O-])c1ccc(-c2ccc(Br)cc2)s1. The van der Waals surface area contributed by atoms with E-state index in [0.29, 0.717) is 4.88 Å². The third-order valence-corrected chi connectivity index (χ3v) is 5.03. The average molecular weight is 418 g/mol. The second-order valence-electron chi connectivity index (χ2n) is 5.02. The number of anilines is 1. The lowest BCUT2D eigenvalue weighted by Gasteiger charge is -2.07. The molecule has 0 aliphatic rings. The molecule has 25 heavy (non-hydrogen) atoms. The zero-order valence-corrected chi connectivity index (χ0v) is 15.1. The summed E-state index contributed by atoms with van der Waals surface area (Å²) in [6.45, 7) is 0. The van der Waals surface area contributed by atoms with Crippen molar-refractivity contribution >= 4 is 44.5 Å². The smallest absolute Gasteiger partial charge is 0.292 e. The summed E-state index contributed by atoms with van der Waals surface area (Å²) in [6, 6.07) is 17.5. The summed E-state index contributed by atoms with van der Waals surface area (Å²) in [7, 11) is 0. The standard InChI is InChI=1S/C17H12BrN3O3S/c18-12-7-5-11(6-8-12)15-9-10-16(25-15)17(22)20-19-13-3-1-2-4-14(13)21(23)24/h1-10,19H,(H,20,22). The van der Waals surface area contributed by atoms with E-state index in [1.807, 2.05) is 30.3 Å². The summed E-state index contributed by atoms with van der Waals surface area (Å²) >= 11 is 4.73. The number of carbonyl (C=O) groups is 1. The van der Waals surface area contributed by atoms with Crippen LogP contribution >= 0.6 is 27.3 Å². The number of thiophene rings is 1. The van der Waals surface area contributed by atoms with Crippen LogP contribution in [0.25, 0.3) is 10.4 Å². The summed E-state index contributed by atoms with van der Waals surface area (Å²) in [4.78, 5) is 24.2. The first kappa shape index (κ1) is 17.1. The van der Waals surface area contributed by atoms with Crippen molar-refractivity contribution in [1.82, 2.24) is 5.43 Å². The number of carbonyl (C=O) groups excluding carboxylic acids is 1. The van der Waals surface area contributed by atoms with Crippen LogP contribution in [0.3, 0.4) is 0 Å². The number of benzene rings is 2. The molecule has 1 aromatic heterocycles. The number of nitrogens with zero attached hydrogens (tertiary/aromatic N) is 1. The van der Waals surface area contributed by atoms with Gasteiger partial charge in [0.2, 0.25) is 0 Å². The van der Waals surface area contributed by atoms with Gasteiger partial charge in [0.05, 0.1) is 9.80 Å². The molecule has 8 heteroatoms. The Morgan fingerprint density at radius 1 is 1.04 bits per heavy atom. The van der Waals surface area contributed by atoms with Gasteiger partial charge in [0.1, 0.15) is 5.69 Å². The third-order valence-electron chi connectivity index (χ3n) is 3.37. The fourth-order valence-electron chi connectivity index (χ4n) is 2.15. The second-order valence-corrected chi connectivity index (χ2v) is 7.02. The van der Waals surface area contributed by atoms with E-state index >= 15 is 0 Å². The van der Waals surface area contributed by atoms with Crippen LogP contribution in [0, 0.1) is 10.1 Å². The van der Waals surface area contributed by atoms with Crippen LogP contribution in [0.4, 0.5) is 11.4 Å². The molecule has 0 aliphatic carbocycles. The van der Waals surface area contributed by atoms with Gasteiger partial charge in [0.15, 0.2) is 0 Å². The number of rotatable bonds is 5. The van der Waals surface area contributed by atoms with E-state index in [9.17, 15) is 14.9 Å². The lowest BCUT2D eigenvalue weighted by atomic mass is 10.2. The molecular weight excluding hydrogens is 406 g/mol. The zero-order chi connectivity index (χ0) is 17.8. The fourth-order valence-corrected chi connectivity index (χ4v) is 3.32. The maximum atomic E-state index is 12.3. The van der Waals surface area contributed by atoms with E-state index in [0.717, 1.165) is 14.9 Å². The Hall–Kier alpha value is -2.71. The number of para-hydroxylation sites is 2. The monoisotopic (exact) mass is 417 g/mol. The van der Waals surface area contributed by atoms with Gasteiger partial charge in [-0.25, -0.2) is 0 Å². The molecule has 0 atom stereocenters. The van der Waals surface area contributed by atoms with Crippen LogP contribution in [0.1, 0.15) is 9.67 Å². The van der Waals surface area contributed by atoms with Gasteiger partial charge in [-0.05, 0) is 35.9 Å². The highest BCUT2D eigenvalue weighted by molar-refractivity contribution is 9.10. The molecule has 0 fully saturated rings. The molecular formula is C17H12BrN3O3S. The Bertz CT molecular complexity index is 925. The van der Waals surface area contributed by atoms with E-state index in [-0.39, 0.29) is 17.3 Å². The van der Waals surface area contributed by atoms with Gasteiger partial charge in [0.25, 0.3) is 11.6 Å². The average Bonchev–Trinajstić information content (AvgIpc) is 3.10. The lowest BCUT2D eigenvalue weighted by Crippen LogP contribution is -2.28. The van der Waals surface area contributed by atoms with Gasteiger partial charge in [0, 0.05) is 15.4 Å². The van der Waals surface area contributed by atoms with E-state index in [1.165, 1.54) is 23.5 Å². The Kier molecular flexibility index (Phi) is 5.11. The Morgan fingerprint density at radius 3 is 2.48 bits per heavy atom. The molecule has 0 spiro atoms. The molecule has 0 saturated carbocycles. The van der Waals surface area contributed by atoms with Gasteiger partial charge in [-0.3, -0.25) is 25.8 Å². The Morgan fingerprint density at radius 2 is 1.76 bits per heavy atom. The summed E-state index contributed by atoms with van der Waals surface area (Å²) in [5.74, 6) is -0.355. The third kappa shape index (κ3) is 4.04. The number of hydrogen-bond acceptors (Lipinski definition) is 5. The van der Waals surface area contributed by atoms with Crippen molar-refractivity contribution in [1.29, 1.82) is 0 Å². The molecule has 1 heterocycles. The number of nitro benzene ring substituents is 1. The zero-order valence-electron chi connectivity index (χ0n) is 12.7. The molecule has 3 rings (SSSR count). The Balaban J connectivity index is 1.70. The summed E-state index contributed by atoms with van der Waals surface area (Å²) in [6.07, 6.45) is 0. The minimum absolute atomic E-state index is 0.107. The first-order valence-corrected chi connectivity index (χ1v) is 8.81. The first-order valence-electron chi connectivity index (χ1n) is 7.20. The fraction of sp³-hybridized carbons (Fsp3) is 0. The predicted molar refractivity (Wildman–Crippen MR) is 102 cm³/mol. The maximum Gasteiger partial charge on any atom is 0.294 e. The van der Waals surface area contributed by atoms with Crippen molar-refractivity contribution < 1.29 is 9.72 Å². The quantitative estimate of drug-likeness (QED) is 0.459. The number of nitro groups is 1. The molecule has 0 bridgehead atoms. The molecule has 126 valence electrons. The number of hydrazine groups is 1. The second kappa shape index (κ2) is 7.45. The molecule has 6 nitrogen and oxygen atoms in total.